The van der Waals surface area contributed by atoms with Gasteiger partial charge in [-0.3, -0.25) is 4.79 Å². The number of phenols is 2. The second kappa shape index (κ2) is 8.32. The maximum Gasteiger partial charge on any atom is 0.286 e. The number of hydrogen-bond acceptors (Lipinski definition) is 8. The van der Waals surface area contributed by atoms with Crippen molar-refractivity contribution in [2.75, 3.05) is 14.2 Å². The van der Waals surface area contributed by atoms with E-state index in [0.717, 1.165) is 16.8 Å². The minimum Gasteiger partial charge on any atom is -0.504 e. The third-order valence-electron chi connectivity index (χ3n) is 3.87. The summed E-state index contributed by atoms with van der Waals surface area (Å²) in [6, 6.07) is 9.90. The molecular weight excluding hydrogens is 400 g/mol. The molecule has 0 spiro atoms. The largest absolute Gasteiger partial charge is 0.504 e. The van der Waals surface area contributed by atoms with Crippen molar-refractivity contribution < 1.29 is 24.5 Å². The molecule has 0 saturated carbocycles. The van der Waals surface area contributed by atoms with Gasteiger partial charge in [0.15, 0.2) is 27.3 Å². The third-order valence-corrected chi connectivity index (χ3v) is 5.16. The average molecular weight is 416 g/mol. The molecule has 2 aromatic rings. The fourth-order valence-corrected chi connectivity index (χ4v) is 3.61. The van der Waals surface area contributed by atoms with E-state index in [2.05, 4.69) is 5.10 Å². The molecule has 3 rings (SSSR count). The van der Waals surface area contributed by atoms with Gasteiger partial charge in [-0.2, -0.15) is 10.1 Å². The molecule has 0 aliphatic carbocycles. The zero-order valence-electron chi connectivity index (χ0n) is 14.9. The number of carbonyl (C=O) groups is 1. The summed E-state index contributed by atoms with van der Waals surface area (Å²) in [5, 5.41) is 25.5. The number of amides is 1. The minimum atomic E-state index is -0.434. The second-order valence-corrected chi connectivity index (χ2v) is 7.21. The van der Waals surface area contributed by atoms with Crippen molar-refractivity contribution >= 4 is 46.5 Å². The van der Waals surface area contributed by atoms with Gasteiger partial charge in [0.2, 0.25) is 0 Å². The van der Waals surface area contributed by atoms with Crippen molar-refractivity contribution in [3.8, 4) is 23.0 Å². The molecule has 1 heterocycles. The molecule has 7 nitrogen and oxygen atoms in total. The van der Waals surface area contributed by atoms with E-state index in [-0.39, 0.29) is 15.8 Å². The van der Waals surface area contributed by atoms with Crippen LogP contribution in [0.15, 0.2) is 46.4 Å². The van der Waals surface area contributed by atoms with Crippen LogP contribution in [0, 0.1) is 0 Å². The molecule has 0 radical (unpaired) electrons. The third kappa shape index (κ3) is 3.80. The smallest absolute Gasteiger partial charge is 0.286 e. The number of thioether (sulfide) groups is 1. The molecule has 0 unspecified atom stereocenters. The van der Waals surface area contributed by atoms with Gasteiger partial charge in [0.05, 0.1) is 25.3 Å². The van der Waals surface area contributed by atoms with Gasteiger partial charge in [-0.1, -0.05) is 30.0 Å². The number of phenolic OH excluding ortho intramolecular Hbond substituents is 2. The van der Waals surface area contributed by atoms with Crippen molar-refractivity contribution in [3.63, 3.8) is 0 Å². The molecule has 9 heteroatoms. The van der Waals surface area contributed by atoms with Crippen LogP contribution >= 0.6 is 24.0 Å². The van der Waals surface area contributed by atoms with E-state index in [9.17, 15) is 15.0 Å². The molecule has 144 valence electrons. The highest BCUT2D eigenvalue weighted by Crippen LogP contribution is 2.37. The number of nitrogens with zero attached hydrogens (tertiary/aromatic N) is 2. The summed E-state index contributed by atoms with van der Waals surface area (Å²) in [4.78, 5) is 13.0. The molecule has 0 aromatic heterocycles. The van der Waals surface area contributed by atoms with Crippen LogP contribution in [0.5, 0.6) is 23.0 Å². The normalized spacial score (nSPS) is 15.6. The predicted molar refractivity (Wildman–Crippen MR) is 112 cm³/mol. The van der Waals surface area contributed by atoms with E-state index < -0.39 is 5.91 Å². The lowest BCUT2D eigenvalue weighted by atomic mass is 10.1. The maximum absolute atomic E-state index is 12.7. The van der Waals surface area contributed by atoms with Crippen molar-refractivity contribution in [2.24, 2.45) is 5.10 Å². The molecule has 1 amide bonds. The summed E-state index contributed by atoms with van der Waals surface area (Å²) in [5.74, 6) is 0.00505. The van der Waals surface area contributed by atoms with Gasteiger partial charge in [0, 0.05) is 11.1 Å². The number of methoxy groups -OCH3 is 2. The highest BCUT2D eigenvalue weighted by Gasteiger charge is 2.32. The summed E-state index contributed by atoms with van der Waals surface area (Å²) >= 11 is 6.29. The number of hydrogen-bond donors (Lipinski definition) is 2. The van der Waals surface area contributed by atoms with Gasteiger partial charge in [-0.05, 0) is 36.5 Å². The molecule has 2 N–H and O–H groups in total. The lowest BCUT2D eigenvalue weighted by Gasteiger charge is -2.08. The van der Waals surface area contributed by atoms with E-state index in [4.69, 9.17) is 21.7 Å². The Kier molecular flexibility index (Phi) is 5.86. The van der Waals surface area contributed by atoms with Crippen molar-refractivity contribution in [2.45, 2.75) is 0 Å². The number of rotatable bonds is 5. The number of benzene rings is 2. The summed E-state index contributed by atoms with van der Waals surface area (Å²) in [6.45, 7) is 0. The lowest BCUT2D eigenvalue weighted by Crippen LogP contribution is -2.22. The Morgan fingerprint density at radius 2 is 1.61 bits per heavy atom. The standard InChI is InChI=1S/C19H16N2O5S2/c1-25-13-7-3-5-11(16(13)22)9-15-18(24)21(19(27)28-15)20-10-12-6-4-8-14(26-2)17(12)23/h3-10,22-23H,1-2H3/b15-9-,20-10+. The Hall–Kier alpha value is -3.04. The first-order valence-electron chi connectivity index (χ1n) is 8.00. The molecule has 0 atom stereocenters. The van der Waals surface area contributed by atoms with Gasteiger partial charge in [0.25, 0.3) is 5.91 Å². The van der Waals surface area contributed by atoms with Crippen molar-refractivity contribution in [3.05, 3.63) is 52.4 Å². The quantitative estimate of drug-likeness (QED) is 0.439. The fourth-order valence-electron chi connectivity index (χ4n) is 2.45. The number of thiocarbonyl (C=S) groups is 1. The first-order chi connectivity index (χ1) is 13.5. The topological polar surface area (TPSA) is 91.6 Å². The highest BCUT2D eigenvalue weighted by molar-refractivity contribution is 8.26. The van der Waals surface area contributed by atoms with Gasteiger partial charge >= 0.3 is 0 Å². The Bertz CT molecular complexity index is 1000. The van der Waals surface area contributed by atoms with Crippen LogP contribution in [0.4, 0.5) is 0 Å². The molecule has 1 aliphatic heterocycles. The van der Waals surface area contributed by atoms with Crippen molar-refractivity contribution in [1.29, 1.82) is 0 Å². The number of para-hydroxylation sites is 2. The molecule has 2 aromatic carbocycles. The lowest BCUT2D eigenvalue weighted by molar-refractivity contribution is -0.122. The SMILES string of the molecule is COc1cccc(/C=C2\SC(=S)N(/N=C/c3cccc(OC)c3O)C2=O)c1O. The van der Waals surface area contributed by atoms with Crippen LogP contribution in [0.3, 0.4) is 0 Å². The van der Waals surface area contributed by atoms with Crippen molar-refractivity contribution in [1.82, 2.24) is 5.01 Å². The summed E-state index contributed by atoms with van der Waals surface area (Å²) < 4.78 is 10.4. The Labute approximate surface area is 170 Å². The first kappa shape index (κ1) is 19.7. The van der Waals surface area contributed by atoms with Crippen LogP contribution in [0.25, 0.3) is 6.08 Å². The zero-order valence-corrected chi connectivity index (χ0v) is 16.6. The number of aromatic hydroxyl groups is 2. The van der Waals surface area contributed by atoms with E-state index in [1.807, 2.05) is 0 Å². The maximum atomic E-state index is 12.7. The summed E-state index contributed by atoms with van der Waals surface area (Å²) in [7, 11) is 2.89. The molecule has 1 fully saturated rings. The molecule has 0 bridgehead atoms. The molecular formula is C19H16N2O5S2. The predicted octanol–water partition coefficient (Wildman–Crippen LogP) is 3.35. The Morgan fingerprint density at radius 3 is 2.21 bits per heavy atom. The van der Waals surface area contributed by atoms with E-state index >= 15 is 0 Å². The first-order valence-corrected chi connectivity index (χ1v) is 9.22. The Balaban J connectivity index is 1.87. The van der Waals surface area contributed by atoms with Gasteiger partial charge in [0.1, 0.15) is 0 Å². The summed E-state index contributed by atoms with van der Waals surface area (Å²) in [5.41, 5.74) is 0.803. The monoisotopic (exact) mass is 416 g/mol. The van der Waals surface area contributed by atoms with Crippen LogP contribution in [-0.4, -0.2) is 45.9 Å². The zero-order chi connectivity index (χ0) is 20.3. The van der Waals surface area contributed by atoms with E-state index in [1.54, 1.807) is 36.4 Å². The number of carbonyl (C=O) groups excluding carboxylic acids is 1. The molecule has 1 saturated heterocycles. The second-order valence-electron chi connectivity index (χ2n) is 5.53. The van der Waals surface area contributed by atoms with Crippen LogP contribution in [-0.2, 0) is 4.79 Å². The van der Waals surface area contributed by atoms with Crippen LogP contribution in [0.1, 0.15) is 11.1 Å². The van der Waals surface area contributed by atoms with E-state index in [0.29, 0.717) is 27.5 Å². The van der Waals surface area contributed by atoms with Gasteiger partial charge < -0.3 is 19.7 Å². The number of hydrazone groups is 1. The van der Waals surface area contributed by atoms with Crippen LogP contribution < -0.4 is 9.47 Å². The average Bonchev–Trinajstić information content (AvgIpc) is 2.95. The van der Waals surface area contributed by atoms with Gasteiger partial charge in [-0.25, -0.2) is 0 Å². The fraction of sp³-hybridized carbons (Fsp3) is 0.105. The van der Waals surface area contributed by atoms with Crippen LogP contribution in [0.2, 0.25) is 0 Å². The Morgan fingerprint density at radius 1 is 1.04 bits per heavy atom. The number of ether oxygens (including phenoxy) is 2. The van der Waals surface area contributed by atoms with E-state index in [1.165, 1.54) is 26.5 Å². The highest BCUT2D eigenvalue weighted by atomic mass is 32.2. The molecule has 28 heavy (non-hydrogen) atoms. The summed E-state index contributed by atoms with van der Waals surface area (Å²) in [6.07, 6.45) is 2.85. The minimum absolute atomic E-state index is 0.0694. The molecule has 1 aliphatic rings. The van der Waals surface area contributed by atoms with Gasteiger partial charge in [-0.15, -0.1) is 0 Å².